The van der Waals surface area contributed by atoms with E-state index in [4.69, 9.17) is 4.74 Å². The molecule has 0 aliphatic rings. The van der Waals surface area contributed by atoms with Crippen LogP contribution in [-0.2, 0) is 16.1 Å². The van der Waals surface area contributed by atoms with Crippen molar-refractivity contribution in [2.24, 2.45) is 10.9 Å². The lowest BCUT2D eigenvalue weighted by molar-refractivity contribution is -0.130. The van der Waals surface area contributed by atoms with Gasteiger partial charge in [0, 0.05) is 33.3 Å². The van der Waals surface area contributed by atoms with Gasteiger partial charge >= 0.3 is 0 Å². The van der Waals surface area contributed by atoms with Gasteiger partial charge in [-0.2, -0.15) is 0 Å². The number of hydrogen-bond donors (Lipinski definition) is 2. The molecule has 1 rings (SSSR count). The second kappa shape index (κ2) is 15.7. The summed E-state index contributed by atoms with van der Waals surface area (Å²) in [7, 11) is 1.70. The Labute approximate surface area is 181 Å². The first-order valence-corrected chi connectivity index (χ1v) is 9.40. The summed E-state index contributed by atoms with van der Waals surface area (Å²) < 4.78 is 5.57. The van der Waals surface area contributed by atoms with Crippen LogP contribution in [0.4, 0.5) is 0 Å². The summed E-state index contributed by atoms with van der Waals surface area (Å²) in [6, 6.07) is 10.0. The van der Waals surface area contributed by atoms with E-state index in [1.807, 2.05) is 42.2 Å². The van der Waals surface area contributed by atoms with Crippen molar-refractivity contribution in [3.05, 3.63) is 35.9 Å². The van der Waals surface area contributed by atoms with E-state index in [-0.39, 0.29) is 36.4 Å². The maximum Gasteiger partial charge on any atom is 0.242 e. The highest BCUT2D eigenvalue weighted by Crippen LogP contribution is 2.04. The first kappa shape index (κ1) is 25.6. The van der Waals surface area contributed by atoms with Crippen molar-refractivity contribution in [3.8, 4) is 0 Å². The molecule has 0 fully saturated rings. The quantitative estimate of drug-likeness (QED) is 0.217. The first-order valence-electron chi connectivity index (χ1n) is 9.40. The number of ether oxygens (including phenoxy) is 1. The van der Waals surface area contributed by atoms with Crippen LogP contribution in [0.25, 0.3) is 0 Å². The zero-order valence-electron chi connectivity index (χ0n) is 17.0. The lowest BCUT2D eigenvalue weighted by atomic mass is 10.1. The van der Waals surface area contributed by atoms with Crippen molar-refractivity contribution >= 4 is 35.8 Å². The Morgan fingerprint density at radius 2 is 1.89 bits per heavy atom. The zero-order chi connectivity index (χ0) is 19.2. The molecule has 7 heteroatoms. The van der Waals surface area contributed by atoms with E-state index in [2.05, 4.69) is 29.5 Å². The standard InChI is InChI=1S/C20H34N4O2.HI/c1-5-24(16-18-9-7-6-8-10-18)19(25)15-23-20(21-4)22-12-14-26-13-11-17(2)3;/h6-10,17H,5,11-16H2,1-4H3,(H2,21,22,23);1H. The minimum atomic E-state index is 0. The molecule has 0 heterocycles. The SMILES string of the molecule is CCN(Cc1ccccc1)C(=O)CNC(=NC)NCCOCCC(C)C.I. The summed E-state index contributed by atoms with van der Waals surface area (Å²) in [5, 5.41) is 6.23. The van der Waals surface area contributed by atoms with Crippen LogP contribution >= 0.6 is 24.0 Å². The number of aliphatic imine (C=N–C) groups is 1. The summed E-state index contributed by atoms with van der Waals surface area (Å²) in [6.45, 7) is 9.91. The van der Waals surface area contributed by atoms with Crippen molar-refractivity contribution in [1.82, 2.24) is 15.5 Å². The predicted octanol–water partition coefficient (Wildman–Crippen LogP) is 2.88. The number of nitrogens with zero attached hydrogens (tertiary/aromatic N) is 2. The predicted molar refractivity (Wildman–Crippen MR) is 123 cm³/mol. The fourth-order valence-corrected chi connectivity index (χ4v) is 2.33. The normalized spacial score (nSPS) is 11.1. The van der Waals surface area contributed by atoms with E-state index in [0.29, 0.717) is 38.1 Å². The molecule has 27 heavy (non-hydrogen) atoms. The zero-order valence-corrected chi connectivity index (χ0v) is 19.4. The summed E-state index contributed by atoms with van der Waals surface area (Å²) in [4.78, 5) is 18.4. The number of nitrogens with one attached hydrogen (secondary N) is 2. The van der Waals surface area contributed by atoms with Gasteiger partial charge in [0.25, 0.3) is 0 Å². The van der Waals surface area contributed by atoms with E-state index < -0.39 is 0 Å². The van der Waals surface area contributed by atoms with Gasteiger partial charge in [0.05, 0.1) is 13.2 Å². The van der Waals surface area contributed by atoms with Crippen molar-refractivity contribution < 1.29 is 9.53 Å². The molecule has 0 spiro atoms. The molecule has 0 bridgehead atoms. The number of amides is 1. The van der Waals surface area contributed by atoms with Crippen molar-refractivity contribution in [1.29, 1.82) is 0 Å². The molecule has 1 aromatic carbocycles. The number of carbonyl (C=O) groups is 1. The van der Waals surface area contributed by atoms with Gasteiger partial charge in [-0.15, -0.1) is 24.0 Å². The number of likely N-dealkylation sites (N-methyl/N-ethyl adjacent to an activating group) is 1. The second-order valence-corrected chi connectivity index (χ2v) is 6.54. The summed E-state index contributed by atoms with van der Waals surface area (Å²) >= 11 is 0. The molecule has 0 aromatic heterocycles. The average Bonchev–Trinajstić information content (AvgIpc) is 2.65. The van der Waals surface area contributed by atoms with Gasteiger partial charge in [0.1, 0.15) is 0 Å². The number of rotatable bonds is 11. The number of carbonyl (C=O) groups excluding carboxylic acids is 1. The van der Waals surface area contributed by atoms with Crippen LogP contribution < -0.4 is 10.6 Å². The molecule has 0 unspecified atom stereocenters. The van der Waals surface area contributed by atoms with E-state index in [9.17, 15) is 4.79 Å². The molecule has 1 amide bonds. The van der Waals surface area contributed by atoms with Crippen molar-refractivity contribution in [2.75, 3.05) is 39.9 Å². The molecule has 1 aromatic rings. The van der Waals surface area contributed by atoms with Crippen LogP contribution in [-0.4, -0.2) is 56.7 Å². The van der Waals surface area contributed by atoms with Crippen LogP contribution in [0.1, 0.15) is 32.8 Å². The Hall–Kier alpha value is -1.35. The number of guanidine groups is 1. The van der Waals surface area contributed by atoms with Gasteiger partial charge in [-0.05, 0) is 24.8 Å². The summed E-state index contributed by atoms with van der Waals surface area (Å²) in [6.07, 6.45) is 1.07. The van der Waals surface area contributed by atoms with E-state index in [0.717, 1.165) is 18.6 Å². The smallest absolute Gasteiger partial charge is 0.242 e. The third-order valence-corrected chi connectivity index (χ3v) is 3.96. The third kappa shape index (κ3) is 11.9. The summed E-state index contributed by atoms with van der Waals surface area (Å²) in [5.41, 5.74) is 1.13. The van der Waals surface area contributed by atoms with Crippen LogP contribution in [0.3, 0.4) is 0 Å². The van der Waals surface area contributed by atoms with Crippen molar-refractivity contribution in [2.45, 2.75) is 33.7 Å². The van der Waals surface area contributed by atoms with Gasteiger partial charge in [0.15, 0.2) is 5.96 Å². The lowest BCUT2D eigenvalue weighted by Crippen LogP contribution is -2.45. The molecule has 0 atom stereocenters. The molecule has 0 saturated carbocycles. The maximum absolute atomic E-state index is 12.4. The van der Waals surface area contributed by atoms with Gasteiger partial charge in [-0.25, -0.2) is 0 Å². The minimum absolute atomic E-state index is 0. The molecule has 0 saturated heterocycles. The Balaban J connectivity index is 0.00000676. The maximum atomic E-state index is 12.4. The minimum Gasteiger partial charge on any atom is -0.380 e. The highest BCUT2D eigenvalue weighted by Gasteiger charge is 2.12. The Kier molecular flexibility index (Phi) is 14.9. The molecule has 0 aliphatic heterocycles. The molecule has 154 valence electrons. The molecular weight excluding hydrogens is 455 g/mol. The molecular formula is C20H35IN4O2. The highest BCUT2D eigenvalue weighted by molar-refractivity contribution is 14.0. The molecule has 0 aliphatic carbocycles. The Bertz CT molecular complexity index is 538. The molecule has 6 nitrogen and oxygen atoms in total. The molecule has 0 radical (unpaired) electrons. The van der Waals surface area contributed by atoms with Crippen LogP contribution in [0.2, 0.25) is 0 Å². The fraction of sp³-hybridized carbons (Fsp3) is 0.600. The number of hydrogen-bond acceptors (Lipinski definition) is 3. The van der Waals surface area contributed by atoms with Crippen LogP contribution in [0, 0.1) is 5.92 Å². The van der Waals surface area contributed by atoms with Gasteiger partial charge < -0.3 is 20.3 Å². The monoisotopic (exact) mass is 490 g/mol. The number of halogens is 1. The Morgan fingerprint density at radius 1 is 1.19 bits per heavy atom. The van der Waals surface area contributed by atoms with E-state index in [1.165, 1.54) is 0 Å². The van der Waals surface area contributed by atoms with Crippen LogP contribution in [0.5, 0.6) is 0 Å². The van der Waals surface area contributed by atoms with Gasteiger partial charge in [-0.1, -0.05) is 44.2 Å². The van der Waals surface area contributed by atoms with Gasteiger partial charge in [-0.3, -0.25) is 9.79 Å². The first-order chi connectivity index (χ1) is 12.6. The highest BCUT2D eigenvalue weighted by atomic mass is 127. The largest absolute Gasteiger partial charge is 0.380 e. The number of benzene rings is 1. The molecule has 2 N–H and O–H groups in total. The second-order valence-electron chi connectivity index (χ2n) is 6.54. The fourth-order valence-electron chi connectivity index (χ4n) is 2.33. The average molecular weight is 490 g/mol. The van der Waals surface area contributed by atoms with E-state index >= 15 is 0 Å². The van der Waals surface area contributed by atoms with Gasteiger partial charge in [0.2, 0.25) is 5.91 Å². The third-order valence-electron chi connectivity index (χ3n) is 3.96. The summed E-state index contributed by atoms with van der Waals surface area (Å²) in [5.74, 6) is 1.31. The van der Waals surface area contributed by atoms with Crippen molar-refractivity contribution in [3.63, 3.8) is 0 Å². The van der Waals surface area contributed by atoms with Crippen LogP contribution in [0.15, 0.2) is 35.3 Å². The Morgan fingerprint density at radius 3 is 2.48 bits per heavy atom. The van der Waals surface area contributed by atoms with E-state index in [1.54, 1.807) is 7.05 Å². The lowest BCUT2D eigenvalue weighted by Gasteiger charge is -2.22. The topological polar surface area (TPSA) is 66.0 Å².